The molecule has 2 fully saturated rings. The number of halogens is 2. The highest BCUT2D eigenvalue weighted by molar-refractivity contribution is 6.31. The maximum Gasteiger partial charge on any atom is 0.253 e. The molecule has 2 saturated heterocycles. The summed E-state index contributed by atoms with van der Waals surface area (Å²) >= 11 is 12.0. The van der Waals surface area contributed by atoms with Crippen LogP contribution in [-0.2, 0) is 4.79 Å². The molecule has 2 aliphatic heterocycles. The number of carbonyl (C=O) groups excluding carboxylic acids is 2. The molecule has 2 aromatic rings. The number of hydrogen-bond donors (Lipinski definition) is 0. The van der Waals surface area contributed by atoms with Crippen molar-refractivity contribution < 1.29 is 9.59 Å². The molecular formula is C23H25Cl2N3O2. The van der Waals surface area contributed by atoms with Crippen molar-refractivity contribution in [3.63, 3.8) is 0 Å². The number of carbonyl (C=O) groups is 2. The standard InChI is InChI=1S/C23H25Cl2N3O2/c24-19-8-6-17(7-9-19)22(29)28-10-2-3-18(16-28)23(30)27-13-11-26(12-14-27)21-5-1-4-20(25)15-21/h1,4-9,15,18H,2-3,10-14,16H2. The average molecular weight is 446 g/mol. The summed E-state index contributed by atoms with van der Waals surface area (Å²) in [5, 5.41) is 1.33. The fourth-order valence-corrected chi connectivity index (χ4v) is 4.56. The van der Waals surface area contributed by atoms with Crippen LogP contribution in [0.5, 0.6) is 0 Å². The van der Waals surface area contributed by atoms with Gasteiger partial charge in [-0.1, -0.05) is 29.3 Å². The van der Waals surface area contributed by atoms with Gasteiger partial charge in [-0.3, -0.25) is 9.59 Å². The Hall–Kier alpha value is -2.24. The molecule has 0 radical (unpaired) electrons. The van der Waals surface area contributed by atoms with Crippen molar-refractivity contribution >= 4 is 40.7 Å². The smallest absolute Gasteiger partial charge is 0.253 e. The van der Waals surface area contributed by atoms with E-state index in [-0.39, 0.29) is 17.7 Å². The van der Waals surface area contributed by atoms with Gasteiger partial charge in [-0.2, -0.15) is 0 Å². The van der Waals surface area contributed by atoms with E-state index < -0.39 is 0 Å². The Morgan fingerprint density at radius 3 is 2.27 bits per heavy atom. The lowest BCUT2D eigenvalue weighted by molar-refractivity contribution is -0.137. The lowest BCUT2D eigenvalue weighted by Gasteiger charge is -2.39. The number of hydrogen-bond acceptors (Lipinski definition) is 3. The Balaban J connectivity index is 1.34. The van der Waals surface area contributed by atoms with Gasteiger partial charge in [0.1, 0.15) is 0 Å². The fourth-order valence-electron chi connectivity index (χ4n) is 4.25. The highest BCUT2D eigenvalue weighted by Gasteiger charge is 2.33. The Kier molecular flexibility index (Phi) is 6.49. The van der Waals surface area contributed by atoms with Gasteiger partial charge in [-0.05, 0) is 55.3 Å². The number of benzene rings is 2. The molecule has 2 aliphatic rings. The summed E-state index contributed by atoms with van der Waals surface area (Å²) in [4.78, 5) is 32.0. The topological polar surface area (TPSA) is 43.9 Å². The Morgan fingerprint density at radius 2 is 1.57 bits per heavy atom. The predicted octanol–water partition coefficient (Wildman–Crippen LogP) is 4.19. The van der Waals surface area contributed by atoms with Crippen molar-refractivity contribution in [2.45, 2.75) is 12.8 Å². The maximum atomic E-state index is 13.1. The first-order valence-corrected chi connectivity index (χ1v) is 11.1. The Morgan fingerprint density at radius 1 is 0.833 bits per heavy atom. The molecule has 2 amide bonds. The van der Waals surface area contributed by atoms with Crippen LogP contribution < -0.4 is 4.90 Å². The van der Waals surface area contributed by atoms with Gasteiger partial charge >= 0.3 is 0 Å². The average Bonchev–Trinajstić information content (AvgIpc) is 2.79. The number of piperazine rings is 1. The summed E-state index contributed by atoms with van der Waals surface area (Å²) < 4.78 is 0. The molecule has 7 heteroatoms. The predicted molar refractivity (Wildman–Crippen MR) is 120 cm³/mol. The van der Waals surface area contributed by atoms with E-state index in [1.807, 2.05) is 29.2 Å². The molecule has 158 valence electrons. The Labute approximate surface area is 187 Å². The van der Waals surface area contributed by atoms with E-state index in [1.165, 1.54) is 0 Å². The number of piperidine rings is 1. The van der Waals surface area contributed by atoms with Crippen LogP contribution in [0.2, 0.25) is 10.0 Å². The van der Waals surface area contributed by atoms with Crippen LogP contribution in [0.4, 0.5) is 5.69 Å². The third kappa shape index (κ3) is 4.73. The summed E-state index contributed by atoms with van der Waals surface area (Å²) in [6, 6.07) is 14.7. The van der Waals surface area contributed by atoms with E-state index in [1.54, 1.807) is 29.2 Å². The van der Waals surface area contributed by atoms with E-state index in [0.717, 1.165) is 36.6 Å². The molecule has 5 nitrogen and oxygen atoms in total. The first-order chi connectivity index (χ1) is 14.5. The molecule has 0 aliphatic carbocycles. The third-order valence-corrected chi connectivity index (χ3v) is 6.40. The van der Waals surface area contributed by atoms with Crippen molar-refractivity contribution in [2.75, 3.05) is 44.2 Å². The second-order valence-corrected chi connectivity index (χ2v) is 8.76. The molecule has 2 aromatic carbocycles. The highest BCUT2D eigenvalue weighted by atomic mass is 35.5. The molecular weight excluding hydrogens is 421 g/mol. The minimum atomic E-state index is -0.132. The van der Waals surface area contributed by atoms with Crippen LogP contribution >= 0.6 is 23.2 Å². The van der Waals surface area contributed by atoms with E-state index >= 15 is 0 Å². The van der Waals surface area contributed by atoms with Gasteiger partial charge in [0.25, 0.3) is 5.91 Å². The summed E-state index contributed by atoms with van der Waals surface area (Å²) in [6.45, 7) is 4.11. The van der Waals surface area contributed by atoms with Gasteiger partial charge in [0, 0.05) is 60.6 Å². The van der Waals surface area contributed by atoms with Crippen molar-refractivity contribution in [1.82, 2.24) is 9.80 Å². The van der Waals surface area contributed by atoms with Crippen molar-refractivity contribution in [3.05, 3.63) is 64.1 Å². The van der Waals surface area contributed by atoms with Crippen LogP contribution in [0, 0.1) is 5.92 Å². The Bertz CT molecular complexity index is 911. The first kappa shape index (κ1) is 21.0. The summed E-state index contributed by atoms with van der Waals surface area (Å²) in [5.41, 5.74) is 1.70. The minimum absolute atomic E-state index is 0.0325. The number of likely N-dealkylation sites (tertiary alicyclic amines) is 1. The van der Waals surface area contributed by atoms with Crippen LogP contribution in [0.15, 0.2) is 48.5 Å². The largest absolute Gasteiger partial charge is 0.368 e. The van der Waals surface area contributed by atoms with E-state index in [2.05, 4.69) is 4.90 Å². The van der Waals surface area contributed by atoms with Crippen molar-refractivity contribution in [2.24, 2.45) is 5.92 Å². The molecule has 4 rings (SSSR count). The number of anilines is 1. The first-order valence-electron chi connectivity index (χ1n) is 10.4. The molecule has 0 spiro atoms. The van der Waals surface area contributed by atoms with Gasteiger partial charge < -0.3 is 14.7 Å². The van der Waals surface area contributed by atoms with Crippen LogP contribution in [0.3, 0.4) is 0 Å². The van der Waals surface area contributed by atoms with Gasteiger partial charge in [0.15, 0.2) is 0 Å². The number of nitrogens with zero attached hydrogens (tertiary/aromatic N) is 3. The van der Waals surface area contributed by atoms with Gasteiger partial charge in [-0.25, -0.2) is 0 Å². The van der Waals surface area contributed by atoms with E-state index in [4.69, 9.17) is 23.2 Å². The highest BCUT2D eigenvalue weighted by Crippen LogP contribution is 2.24. The molecule has 1 unspecified atom stereocenters. The quantitative estimate of drug-likeness (QED) is 0.710. The van der Waals surface area contributed by atoms with E-state index in [9.17, 15) is 9.59 Å². The van der Waals surface area contributed by atoms with Crippen LogP contribution in [-0.4, -0.2) is 60.9 Å². The molecule has 0 bridgehead atoms. The van der Waals surface area contributed by atoms with Gasteiger partial charge in [0.2, 0.25) is 5.91 Å². The van der Waals surface area contributed by atoms with Crippen molar-refractivity contribution in [1.29, 1.82) is 0 Å². The molecule has 2 heterocycles. The summed E-state index contributed by atoms with van der Waals surface area (Å²) in [6.07, 6.45) is 1.68. The zero-order valence-electron chi connectivity index (χ0n) is 16.8. The van der Waals surface area contributed by atoms with Gasteiger partial charge in [0.05, 0.1) is 5.92 Å². The second-order valence-electron chi connectivity index (χ2n) is 7.89. The van der Waals surface area contributed by atoms with Gasteiger partial charge in [-0.15, -0.1) is 0 Å². The fraction of sp³-hybridized carbons (Fsp3) is 0.391. The molecule has 0 aromatic heterocycles. The monoisotopic (exact) mass is 445 g/mol. The molecule has 30 heavy (non-hydrogen) atoms. The van der Waals surface area contributed by atoms with Crippen molar-refractivity contribution in [3.8, 4) is 0 Å². The van der Waals surface area contributed by atoms with Crippen LogP contribution in [0.25, 0.3) is 0 Å². The normalized spacial score (nSPS) is 19.7. The van der Waals surface area contributed by atoms with E-state index in [0.29, 0.717) is 36.8 Å². The molecule has 0 saturated carbocycles. The zero-order chi connectivity index (χ0) is 21.1. The zero-order valence-corrected chi connectivity index (χ0v) is 18.3. The third-order valence-electron chi connectivity index (χ3n) is 5.91. The number of rotatable bonds is 3. The summed E-state index contributed by atoms with van der Waals surface area (Å²) in [7, 11) is 0. The maximum absolute atomic E-state index is 13.1. The lowest BCUT2D eigenvalue weighted by atomic mass is 9.95. The summed E-state index contributed by atoms with van der Waals surface area (Å²) in [5.74, 6) is -0.00277. The lowest BCUT2D eigenvalue weighted by Crippen LogP contribution is -2.53. The molecule has 1 atom stereocenters. The second kappa shape index (κ2) is 9.27. The van der Waals surface area contributed by atoms with Crippen LogP contribution in [0.1, 0.15) is 23.2 Å². The molecule has 0 N–H and O–H groups in total. The minimum Gasteiger partial charge on any atom is -0.368 e. The SMILES string of the molecule is O=C(c1ccc(Cl)cc1)N1CCCC(C(=O)N2CCN(c3cccc(Cl)c3)CC2)C1. The number of amides is 2.